The molecule has 5 rings (SSSR count). The van der Waals surface area contributed by atoms with Crippen molar-refractivity contribution in [1.82, 2.24) is 24.9 Å². The van der Waals surface area contributed by atoms with Gasteiger partial charge < -0.3 is 19.1 Å². The number of nitrogens with zero attached hydrogens (tertiary/aromatic N) is 5. The Morgan fingerprint density at radius 3 is 2.62 bits per heavy atom. The van der Waals surface area contributed by atoms with Crippen LogP contribution in [0.15, 0.2) is 53.4 Å². The minimum Gasteiger partial charge on any atom is -0.423 e. The zero-order valence-corrected chi connectivity index (χ0v) is 19.8. The fraction of sp³-hybridized carbons (Fsp3) is 0.409. The second-order valence-corrected chi connectivity index (χ2v) is 10.3. The number of sulfonamides is 1. The monoisotopic (exact) mass is 486 g/mol. The molecule has 0 radical (unpaired) electrons. The smallest absolute Gasteiger partial charge is 0.341 e. The van der Waals surface area contributed by atoms with E-state index in [4.69, 9.17) is 14.2 Å². The van der Waals surface area contributed by atoms with Gasteiger partial charge in [-0.3, -0.25) is 0 Å². The first-order chi connectivity index (χ1) is 16.3. The van der Waals surface area contributed by atoms with Crippen molar-refractivity contribution >= 4 is 15.7 Å². The van der Waals surface area contributed by atoms with E-state index in [1.165, 1.54) is 4.68 Å². The molecule has 2 fully saturated rings. The molecular formula is C22H26N6O5S. The van der Waals surface area contributed by atoms with Gasteiger partial charge in [0, 0.05) is 25.8 Å². The van der Waals surface area contributed by atoms with Crippen molar-refractivity contribution in [2.45, 2.75) is 36.1 Å². The van der Waals surface area contributed by atoms with Gasteiger partial charge in [-0.15, -0.1) is 0 Å². The fourth-order valence-electron chi connectivity index (χ4n) is 4.17. The summed E-state index contributed by atoms with van der Waals surface area (Å²) in [5, 5.41) is 11.9. The maximum atomic E-state index is 12.8. The van der Waals surface area contributed by atoms with E-state index < -0.39 is 28.3 Å². The second-order valence-electron chi connectivity index (χ2n) is 8.60. The number of ether oxygens (including phenoxy) is 3. The molecule has 3 heterocycles. The number of rotatable bonds is 7. The zero-order valence-electron chi connectivity index (χ0n) is 19.0. The molecule has 0 aliphatic carbocycles. The average Bonchev–Trinajstić information content (AvgIpc) is 3.52. The lowest BCUT2D eigenvalue weighted by molar-refractivity contribution is 0.0615. The Morgan fingerprint density at radius 1 is 1.09 bits per heavy atom. The number of aryl methyl sites for hydroxylation is 1. The van der Waals surface area contributed by atoms with Gasteiger partial charge >= 0.3 is 6.01 Å². The first-order valence-electron chi connectivity index (χ1n) is 10.9. The van der Waals surface area contributed by atoms with E-state index in [0.717, 1.165) is 11.3 Å². The quantitative estimate of drug-likeness (QED) is 0.530. The molecule has 2 aromatic carbocycles. The minimum absolute atomic E-state index is 0.181. The molecule has 0 amide bonds. The third kappa shape index (κ3) is 4.37. The molecule has 2 aliphatic rings. The highest BCUT2D eigenvalue weighted by Crippen LogP contribution is 2.36. The number of nitrogens with one attached hydrogen (secondary N) is 1. The molecule has 0 bridgehead atoms. The van der Waals surface area contributed by atoms with E-state index in [9.17, 15) is 8.42 Å². The van der Waals surface area contributed by atoms with Crippen LogP contribution in [-0.4, -0.2) is 74.2 Å². The lowest BCUT2D eigenvalue weighted by Gasteiger charge is -2.18. The van der Waals surface area contributed by atoms with Crippen LogP contribution in [0.25, 0.3) is 0 Å². The number of anilines is 1. The highest BCUT2D eigenvalue weighted by molar-refractivity contribution is 7.89. The summed E-state index contributed by atoms with van der Waals surface area (Å²) in [5.41, 5.74) is 1.96. The van der Waals surface area contributed by atoms with Crippen LogP contribution in [0.4, 0.5) is 5.69 Å². The lowest BCUT2D eigenvalue weighted by Crippen LogP contribution is -2.44. The molecule has 2 saturated heterocycles. The van der Waals surface area contributed by atoms with Crippen molar-refractivity contribution in [2.24, 2.45) is 0 Å². The second kappa shape index (κ2) is 8.95. The summed E-state index contributed by atoms with van der Waals surface area (Å²) >= 11 is 0. The third-order valence-corrected chi connectivity index (χ3v) is 7.49. The van der Waals surface area contributed by atoms with Crippen molar-refractivity contribution in [2.75, 3.05) is 32.2 Å². The van der Waals surface area contributed by atoms with Crippen molar-refractivity contribution in [3.63, 3.8) is 0 Å². The van der Waals surface area contributed by atoms with Crippen molar-refractivity contribution in [3.8, 4) is 11.8 Å². The van der Waals surface area contributed by atoms with Crippen LogP contribution in [0.1, 0.15) is 11.6 Å². The van der Waals surface area contributed by atoms with Gasteiger partial charge in [-0.1, -0.05) is 28.9 Å². The zero-order chi connectivity index (χ0) is 23.9. The Morgan fingerprint density at radius 2 is 1.85 bits per heavy atom. The van der Waals surface area contributed by atoms with Gasteiger partial charge in [-0.05, 0) is 41.6 Å². The predicted octanol–water partition coefficient (Wildman–Crippen LogP) is 1.53. The van der Waals surface area contributed by atoms with E-state index in [2.05, 4.69) is 20.2 Å². The highest BCUT2D eigenvalue weighted by Gasteiger charge is 2.50. The average molecular weight is 487 g/mol. The van der Waals surface area contributed by atoms with Crippen LogP contribution in [0, 0.1) is 6.92 Å². The lowest BCUT2D eigenvalue weighted by atomic mass is 10.1. The Balaban J connectivity index is 1.30. The summed E-state index contributed by atoms with van der Waals surface area (Å²) in [7, 11) is 0.173. The Kier molecular flexibility index (Phi) is 5.98. The summed E-state index contributed by atoms with van der Waals surface area (Å²) in [6.45, 7) is 2.35. The maximum Gasteiger partial charge on any atom is 0.341 e. The highest BCUT2D eigenvalue weighted by atomic mass is 32.2. The van der Waals surface area contributed by atoms with Gasteiger partial charge in [0.05, 0.1) is 24.2 Å². The van der Waals surface area contributed by atoms with Crippen molar-refractivity contribution < 1.29 is 22.6 Å². The molecule has 11 nitrogen and oxygen atoms in total. The van der Waals surface area contributed by atoms with Crippen LogP contribution < -0.4 is 14.4 Å². The maximum absolute atomic E-state index is 12.8. The van der Waals surface area contributed by atoms with E-state index in [1.807, 2.05) is 50.2 Å². The van der Waals surface area contributed by atoms with E-state index >= 15 is 0 Å². The number of tetrazole rings is 1. The molecule has 1 N–H and O–H groups in total. The molecule has 3 aromatic rings. The molecule has 0 unspecified atom stereocenters. The van der Waals surface area contributed by atoms with Crippen LogP contribution in [-0.2, 0) is 19.5 Å². The summed E-state index contributed by atoms with van der Waals surface area (Å²) in [4.78, 5) is 2.17. The first-order valence-corrected chi connectivity index (χ1v) is 12.4. The van der Waals surface area contributed by atoms with Gasteiger partial charge in [0.25, 0.3) is 0 Å². The van der Waals surface area contributed by atoms with Gasteiger partial charge in [-0.25, -0.2) is 13.1 Å². The number of aromatic nitrogens is 4. The molecule has 1 aromatic heterocycles. The summed E-state index contributed by atoms with van der Waals surface area (Å²) in [5.74, 6) is 0.591. The topological polar surface area (TPSA) is 121 Å². The summed E-state index contributed by atoms with van der Waals surface area (Å²) in [6, 6.07) is 13.6. The molecule has 180 valence electrons. The number of fused-ring (bicyclic) bond motifs is 1. The van der Waals surface area contributed by atoms with Gasteiger partial charge in [0.15, 0.2) is 0 Å². The Labute approximate surface area is 197 Å². The first kappa shape index (κ1) is 22.7. The van der Waals surface area contributed by atoms with Gasteiger partial charge in [0.2, 0.25) is 10.0 Å². The predicted molar refractivity (Wildman–Crippen MR) is 122 cm³/mol. The molecule has 2 aliphatic heterocycles. The minimum atomic E-state index is -3.72. The third-order valence-electron chi connectivity index (χ3n) is 5.98. The SMILES string of the molecule is Cc1ccc(S(=O)(=O)N[C@@H]2CO[C@@H]3[C@@H]2OC[C@@H]3n2nnnc2Oc2cccc(N(C)C)c2)cc1. The number of hydrogen-bond donors (Lipinski definition) is 1. The van der Waals surface area contributed by atoms with Crippen LogP contribution >= 0.6 is 0 Å². The standard InChI is InChI=1S/C22H26N6O5S/c1-14-7-9-17(10-8-14)34(29,30)24-18-12-31-21-19(13-32-20(18)21)28-22(23-25-26-28)33-16-6-4-5-15(11-16)27(2)3/h4-11,18-21,24H,12-13H2,1-3H3/t18-,19+,20-,21+/m1/s1. The molecule has 0 saturated carbocycles. The van der Waals surface area contributed by atoms with E-state index in [-0.39, 0.29) is 30.2 Å². The Bertz CT molecular complexity index is 1260. The molecule has 4 atom stereocenters. The molecule has 12 heteroatoms. The van der Waals surface area contributed by atoms with Crippen LogP contribution in [0.2, 0.25) is 0 Å². The van der Waals surface area contributed by atoms with E-state index in [1.54, 1.807) is 24.3 Å². The largest absolute Gasteiger partial charge is 0.423 e. The van der Waals surface area contributed by atoms with Crippen molar-refractivity contribution in [3.05, 3.63) is 54.1 Å². The molecular weight excluding hydrogens is 460 g/mol. The van der Waals surface area contributed by atoms with Crippen LogP contribution in [0.3, 0.4) is 0 Å². The Hall–Kier alpha value is -3.06. The van der Waals surface area contributed by atoms with E-state index in [0.29, 0.717) is 5.75 Å². The summed E-state index contributed by atoms with van der Waals surface area (Å²) in [6.07, 6.45) is -0.899. The molecule has 34 heavy (non-hydrogen) atoms. The fourth-order valence-corrected chi connectivity index (χ4v) is 5.40. The molecule has 0 spiro atoms. The number of benzene rings is 2. The van der Waals surface area contributed by atoms with Gasteiger partial charge in [0.1, 0.15) is 24.0 Å². The van der Waals surface area contributed by atoms with Gasteiger partial charge in [-0.2, -0.15) is 4.68 Å². The normalized spacial score (nSPS) is 24.2. The number of hydrogen-bond acceptors (Lipinski definition) is 9. The van der Waals surface area contributed by atoms with Crippen molar-refractivity contribution in [1.29, 1.82) is 0 Å². The van der Waals surface area contributed by atoms with Crippen LogP contribution in [0.5, 0.6) is 11.8 Å². The summed E-state index contributed by atoms with van der Waals surface area (Å²) < 4.78 is 47.8.